The van der Waals surface area contributed by atoms with Gasteiger partial charge >= 0.3 is 0 Å². The van der Waals surface area contributed by atoms with E-state index >= 15 is 0 Å². The van der Waals surface area contributed by atoms with Gasteiger partial charge in [0.25, 0.3) is 5.56 Å². The first kappa shape index (κ1) is 22.1. The molecule has 0 saturated heterocycles. The molecule has 0 radical (unpaired) electrons. The second-order valence-corrected chi connectivity index (χ2v) is 9.24. The summed E-state index contributed by atoms with van der Waals surface area (Å²) in [4.78, 5) is 27.2. The second kappa shape index (κ2) is 9.27. The lowest BCUT2D eigenvalue weighted by Crippen LogP contribution is -2.35. The van der Waals surface area contributed by atoms with Crippen molar-refractivity contribution in [2.75, 3.05) is 6.54 Å². The largest absolute Gasteiger partial charge is 0.306 e. The molecular formula is C25H19Cl3N4O. The van der Waals surface area contributed by atoms with Gasteiger partial charge in [-0.2, -0.15) is 0 Å². The summed E-state index contributed by atoms with van der Waals surface area (Å²) in [7, 11) is 0. The van der Waals surface area contributed by atoms with E-state index in [1.165, 1.54) is 0 Å². The quantitative estimate of drug-likeness (QED) is 0.375. The third-order valence-corrected chi connectivity index (χ3v) is 6.70. The Morgan fingerprint density at radius 3 is 2.45 bits per heavy atom. The van der Waals surface area contributed by atoms with E-state index in [0.717, 1.165) is 40.2 Å². The molecule has 1 aliphatic rings. The Bertz CT molecular complexity index is 1370. The highest BCUT2D eigenvalue weighted by Gasteiger charge is 2.21. The van der Waals surface area contributed by atoms with Gasteiger partial charge in [0.15, 0.2) is 0 Å². The monoisotopic (exact) mass is 496 g/mol. The predicted octanol–water partition coefficient (Wildman–Crippen LogP) is 6.02. The lowest BCUT2D eigenvalue weighted by Gasteiger charge is -2.27. The van der Waals surface area contributed by atoms with Crippen LogP contribution in [0.1, 0.15) is 16.8 Å². The summed E-state index contributed by atoms with van der Waals surface area (Å²) in [5.74, 6) is 0.575. The molecule has 2 aromatic carbocycles. The predicted molar refractivity (Wildman–Crippen MR) is 133 cm³/mol. The summed E-state index contributed by atoms with van der Waals surface area (Å²) in [6, 6.07) is 16.8. The van der Waals surface area contributed by atoms with Crippen molar-refractivity contribution in [1.29, 1.82) is 0 Å². The first-order chi connectivity index (χ1) is 16.0. The second-order valence-electron chi connectivity index (χ2n) is 7.99. The molecule has 0 aliphatic carbocycles. The molecule has 0 unspecified atom stereocenters. The third kappa shape index (κ3) is 4.82. The molecule has 0 saturated carbocycles. The van der Waals surface area contributed by atoms with Crippen LogP contribution >= 0.6 is 34.8 Å². The maximum absolute atomic E-state index is 12.8. The molecule has 5 nitrogen and oxygen atoms in total. The average molecular weight is 498 g/mol. The molecule has 5 rings (SSSR count). The van der Waals surface area contributed by atoms with Crippen LogP contribution in [-0.2, 0) is 19.5 Å². The zero-order valence-corrected chi connectivity index (χ0v) is 19.8. The van der Waals surface area contributed by atoms with Gasteiger partial charge in [-0.25, -0.2) is 4.98 Å². The molecule has 2 aromatic heterocycles. The number of benzene rings is 2. The molecule has 166 valence electrons. The fraction of sp³-hybridized carbons (Fsp3) is 0.160. The molecule has 1 aliphatic heterocycles. The van der Waals surface area contributed by atoms with Crippen LogP contribution in [0.4, 0.5) is 0 Å². The number of nitrogens with one attached hydrogen (secondary N) is 1. The molecule has 0 atom stereocenters. The summed E-state index contributed by atoms with van der Waals surface area (Å²) >= 11 is 18.1. The van der Waals surface area contributed by atoms with E-state index in [2.05, 4.69) is 14.9 Å². The zero-order chi connectivity index (χ0) is 22.9. The highest BCUT2D eigenvalue weighted by molar-refractivity contribution is 6.42. The van der Waals surface area contributed by atoms with E-state index in [9.17, 15) is 4.79 Å². The number of hydrogen-bond donors (Lipinski definition) is 1. The van der Waals surface area contributed by atoms with Crippen molar-refractivity contribution >= 4 is 34.8 Å². The Hall–Kier alpha value is -2.70. The summed E-state index contributed by atoms with van der Waals surface area (Å²) in [5.41, 5.74) is 5.14. The van der Waals surface area contributed by atoms with Crippen molar-refractivity contribution in [2.45, 2.75) is 19.5 Å². The van der Waals surface area contributed by atoms with Crippen molar-refractivity contribution in [3.05, 3.63) is 103 Å². The number of aromatic amines is 1. The molecule has 4 aromatic rings. The molecule has 3 heterocycles. The number of rotatable bonds is 4. The van der Waals surface area contributed by atoms with E-state index in [1.807, 2.05) is 42.6 Å². The maximum Gasteiger partial charge on any atom is 0.255 e. The Morgan fingerprint density at radius 2 is 1.73 bits per heavy atom. The fourth-order valence-electron chi connectivity index (χ4n) is 3.96. The minimum atomic E-state index is -0.0947. The van der Waals surface area contributed by atoms with Crippen molar-refractivity contribution in [3.63, 3.8) is 0 Å². The maximum atomic E-state index is 12.8. The molecule has 8 heteroatoms. The SMILES string of the molecule is O=c1[nH]c(-c2ccc(Cl)cc2)nc2c1CN(Cc1ccc(-c3ccc(Cl)c(Cl)c3)nc1)CC2. The number of nitrogens with zero attached hydrogens (tertiary/aromatic N) is 3. The van der Waals surface area contributed by atoms with Crippen LogP contribution in [-0.4, -0.2) is 26.4 Å². The van der Waals surface area contributed by atoms with Crippen molar-refractivity contribution in [3.8, 4) is 22.6 Å². The molecule has 0 bridgehead atoms. The molecule has 1 N–H and O–H groups in total. The van der Waals surface area contributed by atoms with Crippen LogP contribution < -0.4 is 5.56 Å². The number of H-pyrrole nitrogens is 1. The zero-order valence-electron chi connectivity index (χ0n) is 17.5. The molecule has 0 spiro atoms. The minimum absolute atomic E-state index is 0.0947. The average Bonchev–Trinajstić information content (AvgIpc) is 2.82. The van der Waals surface area contributed by atoms with E-state index in [1.54, 1.807) is 18.2 Å². The first-order valence-corrected chi connectivity index (χ1v) is 11.6. The number of aromatic nitrogens is 3. The van der Waals surface area contributed by atoms with Crippen molar-refractivity contribution < 1.29 is 0 Å². The van der Waals surface area contributed by atoms with Gasteiger partial charge in [-0.05, 0) is 48.0 Å². The van der Waals surface area contributed by atoms with Gasteiger partial charge in [0.2, 0.25) is 0 Å². The number of hydrogen-bond acceptors (Lipinski definition) is 4. The van der Waals surface area contributed by atoms with Crippen LogP contribution in [0.5, 0.6) is 0 Å². The number of halogens is 3. The van der Waals surface area contributed by atoms with E-state index in [0.29, 0.717) is 40.4 Å². The molecule has 33 heavy (non-hydrogen) atoms. The Kier molecular flexibility index (Phi) is 6.21. The minimum Gasteiger partial charge on any atom is -0.306 e. The van der Waals surface area contributed by atoms with E-state index < -0.39 is 0 Å². The summed E-state index contributed by atoms with van der Waals surface area (Å²) in [6.07, 6.45) is 2.58. The van der Waals surface area contributed by atoms with Gasteiger partial charge in [0.1, 0.15) is 5.82 Å². The van der Waals surface area contributed by atoms with Gasteiger partial charge in [-0.15, -0.1) is 0 Å². The van der Waals surface area contributed by atoms with Gasteiger partial charge in [-0.1, -0.05) is 46.9 Å². The van der Waals surface area contributed by atoms with Crippen LogP contribution in [0.3, 0.4) is 0 Å². The van der Waals surface area contributed by atoms with Gasteiger partial charge < -0.3 is 4.98 Å². The third-order valence-electron chi connectivity index (χ3n) is 5.71. The van der Waals surface area contributed by atoms with Crippen molar-refractivity contribution in [1.82, 2.24) is 19.9 Å². The Labute approximate surface area is 206 Å². The first-order valence-electron chi connectivity index (χ1n) is 10.5. The van der Waals surface area contributed by atoms with Gasteiger partial charge in [-0.3, -0.25) is 14.7 Å². The number of fused-ring (bicyclic) bond motifs is 1. The number of pyridine rings is 1. The van der Waals surface area contributed by atoms with Crippen LogP contribution in [0.25, 0.3) is 22.6 Å². The van der Waals surface area contributed by atoms with Crippen LogP contribution in [0.15, 0.2) is 65.6 Å². The molecule has 0 fully saturated rings. The molecule has 0 amide bonds. The normalized spacial score (nSPS) is 13.7. The highest BCUT2D eigenvalue weighted by atomic mass is 35.5. The topological polar surface area (TPSA) is 61.9 Å². The van der Waals surface area contributed by atoms with Gasteiger partial charge in [0.05, 0.1) is 27.0 Å². The Morgan fingerprint density at radius 1 is 0.939 bits per heavy atom. The van der Waals surface area contributed by atoms with E-state index in [-0.39, 0.29) is 5.56 Å². The van der Waals surface area contributed by atoms with Gasteiger partial charge in [0, 0.05) is 48.4 Å². The summed E-state index contributed by atoms with van der Waals surface area (Å²) in [6.45, 7) is 2.07. The van der Waals surface area contributed by atoms with Crippen LogP contribution in [0, 0.1) is 0 Å². The smallest absolute Gasteiger partial charge is 0.255 e. The lowest BCUT2D eigenvalue weighted by molar-refractivity contribution is 0.241. The summed E-state index contributed by atoms with van der Waals surface area (Å²) in [5, 5.41) is 1.67. The lowest BCUT2D eigenvalue weighted by atomic mass is 10.1. The standard InChI is InChI=1S/C25H19Cl3N4O/c26-18-5-2-16(3-6-18)24-30-23-9-10-32(14-19(23)25(33)31-24)13-15-1-8-22(29-12-15)17-4-7-20(27)21(28)11-17/h1-8,11-12H,9-10,13-14H2,(H,30,31,33). The highest BCUT2D eigenvalue weighted by Crippen LogP contribution is 2.28. The molecular weight excluding hydrogens is 479 g/mol. The fourth-order valence-corrected chi connectivity index (χ4v) is 4.39. The summed E-state index contributed by atoms with van der Waals surface area (Å²) < 4.78 is 0. The van der Waals surface area contributed by atoms with E-state index in [4.69, 9.17) is 39.8 Å². The Balaban J connectivity index is 1.31. The van der Waals surface area contributed by atoms with Crippen molar-refractivity contribution in [2.24, 2.45) is 0 Å². The van der Waals surface area contributed by atoms with Crippen LogP contribution in [0.2, 0.25) is 15.1 Å².